The Kier molecular flexibility index (Phi) is 9.06. The van der Waals surface area contributed by atoms with E-state index >= 15 is 0 Å². The third-order valence-electron chi connectivity index (χ3n) is 7.35. The second-order valence-corrected chi connectivity index (χ2v) is 10.1. The molecular formula is C27H35ClN4O6. The number of rotatable bonds is 8. The summed E-state index contributed by atoms with van der Waals surface area (Å²) >= 11 is 6.01. The Morgan fingerprint density at radius 1 is 1.00 bits per heavy atom. The fraction of sp³-hybridized carbons (Fsp3) is 0.481. The van der Waals surface area contributed by atoms with Crippen molar-refractivity contribution in [2.24, 2.45) is 5.92 Å². The number of anilines is 1. The molecule has 0 radical (unpaired) electrons. The van der Waals surface area contributed by atoms with Gasteiger partial charge in [0.15, 0.2) is 11.5 Å². The van der Waals surface area contributed by atoms with Crippen molar-refractivity contribution < 1.29 is 28.9 Å². The van der Waals surface area contributed by atoms with Crippen molar-refractivity contribution in [3.8, 4) is 17.2 Å². The summed E-state index contributed by atoms with van der Waals surface area (Å²) < 4.78 is 16.1. The average Bonchev–Trinajstić information content (AvgIpc) is 3.33. The fourth-order valence-electron chi connectivity index (χ4n) is 5.39. The number of carboxylic acid groups (broad SMARTS) is 1. The number of halogens is 1. The van der Waals surface area contributed by atoms with Crippen molar-refractivity contribution in [3.05, 3.63) is 47.0 Å². The van der Waals surface area contributed by atoms with Crippen LogP contribution in [0.5, 0.6) is 17.2 Å². The normalized spacial score (nSPS) is 20.2. The molecular weight excluding hydrogens is 512 g/mol. The van der Waals surface area contributed by atoms with E-state index in [9.17, 15) is 14.7 Å². The lowest BCUT2D eigenvalue weighted by molar-refractivity contribution is 0.118. The number of hydrogen-bond donors (Lipinski definition) is 3. The van der Waals surface area contributed by atoms with Crippen LogP contribution >= 0.6 is 11.6 Å². The highest BCUT2D eigenvalue weighted by molar-refractivity contribution is 6.30. The first-order valence-corrected chi connectivity index (χ1v) is 13.0. The maximum atomic E-state index is 13.0. The molecule has 2 aromatic rings. The molecule has 206 valence electrons. The summed E-state index contributed by atoms with van der Waals surface area (Å²) in [5.41, 5.74) is 1.73. The molecule has 2 fully saturated rings. The molecule has 4 rings (SSSR count). The monoisotopic (exact) mass is 546 g/mol. The SMILES string of the molecule is COc1cc(NC(=O)N[C@@H]2CN(C(=O)O)C[C@H]2N2CCC(Cc3ccc(Cl)cc3)CC2)cc(OC)c1OC. The molecule has 2 heterocycles. The van der Waals surface area contributed by atoms with Crippen molar-refractivity contribution in [1.82, 2.24) is 15.1 Å². The van der Waals surface area contributed by atoms with Gasteiger partial charge < -0.3 is 34.9 Å². The van der Waals surface area contributed by atoms with Gasteiger partial charge in [-0.05, 0) is 56.0 Å². The number of carbonyl (C=O) groups excluding carboxylic acids is 1. The smallest absolute Gasteiger partial charge is 0.407 e. The molecule has 2 aliphatic heterocycles. The Labute approximate surface area is 227 Å². The molecule has 38 heavy (non-hydrogen) atoms. The minimum Gasteiger partial charge on any atom is -0.493 e. The van der Waals surface area contributed by atoms with E-state index in [4.69, 9.17) is 25.8 Å². The number of hydrogen-bond acceptors (Lipinski definition) is 6. The summed E-state index contributed by atoms with van der Waals surface area (Å²) in [6.45, 7) is 2.28. The molecule has 0 aliphatic carbocycles. The number of ether oxygens (including phenoxy) is 3. The molecule has 2 aliphatic rings. The molecule has 0 spiro atoms. The van der Waals surface area contributed by atoms with E-state index in [1.807, 2.05) is 12.1 Å². The predicted molar refractivity (Wildman–Crippen MR) is 145 cm³/mol. The number of benzene rings is 2. The number of nitrogens with one attached hydrogen (secondary N) is 2. The van der Waals surface area contributed by atoms with Gasteiger partial charge in [0.05, 0.1) is 33.1 Å². The van der Waals surface area contributed by atoms with Crippen LogP contribution in [0.1, 0.15) is 18.4 Å². The van der Waals surface area contributed by atoms with Crippen LogP contribution in [0.25, 0.3) is 0 Å². The van der Waals surface area contributed by atoms with E-state index in [2.05, 4.69) is 27.7 Å². The largest absolute Gasteiger partial charge is 0.493 e. The molecule has 0 aromatic heterocycles. The van der Waals surface area contributed by atoms with E-state index in [-0.39, 0.29) is 18.6 Å². The average molecular weight is 547 g/mol. The van der Waals surface area contributed by atoms with Gasteiger partial charge in [-0.3, -0.25) is 4.90 Å². The summed E-state index contributed by atoms with van der Waals surface area (Å²) in [5, 5.41) is 16.2. The van der Waals surface area contributed by atoms with Crippen LogP contribution in [0, 0.1) is 5.92 Å². The van der Waals surface area contributed by atoms with Gasteiger partial charge >= 0.3 is 12.1 Å². The van der Waals surface area contributed by atoms with Crippen molar-refractivity contribution in [3.63, 3.8) is 0 Å². The molecule has 0 unspecified atom stereocenters. The van der Waals surface area contributed by atoms with Crippen LogP contribution in [-0.2, 0) is 6.42 Å². The molecule has 0 saturated carbocycles. The topological polar surface area (TPSA) is 113 Å². The lowest BCUT2D eigenvalue weighted by Crippen LogP contribution is -2.54. The predicted octanol–water partition coefficient (Wildman–Crippen LogP) is 4.17. The van der Waals surface area contributed by atoms with Crippen molar-refractivity contribution in [2.45, 2.75) is 31.3 Å². The van der Waals surface area contributed by atoms with Crippen LogP contribution in [0.4, 0.5) is 15.3 Å². The van der Waals surface area contributed by atoms with Gasteiger partial charge in [-0.2, -0.15) is 0 Å². The zero-order chi connectivity index (χ0) is 27.2. The third-order valence-corrected chi connectivity index (χ3v) is 7.61. The molecule has 3 N–H and O–H groups in total. The highest BCUT2D eigenvalue weighted by Gasteiger charge is 2.40. The van der Waals surface area contributed by atoms with Crippen molar-refractivity contribution >= 4 is 29.4 Å². The Bertz CT molecular complexity index is 1100. The highest BCUT2D eigenvalue weighted by atomic mass is 35.5. The van der Waals surface area contributed by atoms with Gasteiger partial charge in [-0.15, -0.1) is 0 Å². The fourth-order valence-corrected chi connectivity index (χ4v) is 5.51. The number of methoxy groups -OCH3 is 3. The molecule has 11 heteroatoms. The van der Waals surface area contributed by atoms with Gasteiger partial charge in [-0.25, -0.2) is 9.59 Å². The van der Waals surface area contributed by atoms with Crippen molar-refractivity contribution in [2.75, 3.05) is 52.8 Å². The second kappa shape index (κ2) is 12.4. The number of carbonyl (C=O) groups is 2. The molecule has 2 aromatic carbocycles. The maximum Gasteiger partial charge on any atom is 0.407 e. The van der Waals surface area contributed by atoms with Crippen molar-refractivity contribution in [1.29, 1.82) is 0 Å². The van der Waals surface area contributed by atoms with Gasteiger partial charge in [0.1, 0.15) is 0 Å². The minimum absolute atomic E-state index is 0.103. The van der Waals surface area contributed by atoms with Crippen LogP contribution < -0.4 is 24.8 Å². The minimum atomic E-state index is -0.984. The van der Waals surface area contributed by atoms with E-state index < -0.39 is 12.1 Å². The van der Waals surface area contributed by atoms with Crippen LogP contribution in [0.3, 0.4) is 0 Å². The quantitative estimate of drug-likeness (QED) is 0.455. The number of piperidine rings is 1. The summed E-state index contributed by atoms with van der Waals surface area (Å²) in [5.74, 6) is 1.81. The molecule has 3 amide bonds. The Morgan fingerprint density at radius 3 is 2.18 bits per heavy atom. The zero-order valence-corrected chi connectivity index (χ0v) is 22.7. The van der Waals surface area contributed by atoms with Crippen LogP contribution in [0.15, 0.2) is 36.4 Å². The van der Waals surface area contributed by atoms with Gasteiger partial charge in [0, 0.05) is 36.3 Å². The molecule has 10 nitrogen and oxygen atoms in total. The number of likely N-dealkylation sites (tertiary alicyclic amines) is 2. The third kappa shape index (κ3) is 6.54. The highest BCUT2D eigenvalue weighted by Crippen LogP contribution is 2.40. The second-order valence-electron chi connectivity index (χ2n) is 9.68. The molecule has 0 bridgehead atoms. The summed E-state index contributed by atoms with van der Waals surface area (Å²) in [6.07, 6.45) is 2.03. The summed E-state index contributed by atoms with van der Waals surface area (Å²) in [4.78, 5) is 28.4. The Morgan fingerprint density at radius 2 is 1.63 bits per heavy atom. The summed E-state index contributed by atoms with van der Waals surface area (Å²) in [6, 6.07) is 10.4. The number of nitrogens with zero attached hydrogens (tertiary/aromatic N) is 2. The first-order valence-electron chi connectivity index (χ1n) is 12.6. The van der Waals surface area contributed by atoms with E-state index in [0.29, 0.717) is 35.4 Å². The lowest BCUT2D eigenvalue weighted by atomic mass is 9.89. The summed E-state index contributed by atoms with van der Waals surface area (Å²) in [7, 11) is 4.52. The van der Waals surface area contributed by atoms with E-state index in [1.54, 1.807) is 12.1 Å². The van der Waals surface area contributed by atoms with E-state index in [1.165, 1.54) is 31.8 Å². The van der Waals surface area contributed by atoms with Gasteiger partial charge in [0.25, 0.3) is 0 Å². The lowest BCUT2D eigenvalue weighted by Gasteiger charge is -2.38. The zero-order valence-electron chi connectivity index (χ0n) is 21.9. The van der Waals surface area contributed by atoms with Gasteiger partial charge in [-0.1, -0.05) is 23.7 Å². The molecule has 2 saturated heterocycles. The van der Waals surface area contributed by atoms with Crippen LogP contribution in [-0.4, -0.2) is 86.6 Å². The maximum absolute atomic E-state index is 13.0. The Hall–Kier alpha value is -3.37. The van der Waals surface area contributed by atoms with Crippen LogP contribution in [0.2, 0.25) is 5.02 Å². The number of urea groups is 1. The first-order chi connectivity index (χ1) is 18.3. The van der Waals surface area contributed by atoms with E-state index in [0.717, 1.165) is 37.4 Å². The standard InChI is InChI=1S/C27H35ClN4O6/c1-36-23-13-20(14-24(37-2)25(23)38-3)29-26(33)30-21-15-32(27(34)35)16-22(21)31-10-8-18(9-11-31)12-17-4-6-19(28)7-5-17/h4-7,13-14,18,21-22H,8-12,15-16H2,1-3H3,(H,34,35)(H2,29,30,33)/t21-,22-/m1/s1. The van der Waals surface area contributed by atoms with Gasteiger partial charge in [0.2, 0.25) is 5.75 Å². The number of amides is 3. The molecule has 2 atom stereocenters. The Balaban J connectivity index is 1.39. The first kappa shape index (κ1) is 27.7.